The van der Waals surface area contributed by atoms with Gasteiger partial charge in [-0.3, -0.25) is 4.57 Å². The van der Waals surface area contributed by atoms with Crippen LogP contribution in [0.3, 0.4) is 0 Å². The van der Waals surface area contributed by atoms with Crippen molar-refractivity contribution >= 4 is 11.0 Å². The maximum Gasteiger partial charge on any atom is 0.100 e. The molecule has 0 radical (unpaired) electrons. The Labute approximate surface area is 99.0 Å². The number of rotatable bonds is 2. The number of imidazole rings is 1. The number of benzene rings is 2. The van der Waals surface area contributed by atoms with E-state index in [2.05, 4.69) is 4.98 Å². The van der Waals surface area contributed by atoms with E-state index in [1.807, 2.05) is 59.4 Å². The van der Waals surface area contributed by atoms with Gasteiger partial charge in [0.2, 0.25) is 0 Å². The van der Waals surface area contributed by atoms with Crippen LogP contribution in [0.15, 0.2) is 54.9 Å². The molecule has 3 nitrogen and oxygen atoms in total. The van der Waals surface area contributed by atoms with Gasteiger partial charge in [0.15, 0.2) is 0 Å². The van der Waals surface area contributed by atoms with Gasteiger partial charge in [0.25, 0.3) is 0 Å². The second kappa shape index (κ2) is 4.03. The standard InChI is InChI=1S/C14H12N2O/c17-9-11-5-7-12(8-6-11)16-10-15-13-3-1-2-4-14(13)16/h1-8,10,17H,9H2. The normalized spacial score (nSPS) is 10.9. The zero-order valence-electron chi connectivity index (χ0n) is 9.24. The SMILES string of the molecule is OCc1ccc(-n2cnc3ccccc32)cc1. The molecule has 0 amide bonds. The van der Waals surface area contributed by atoms with Gasteiger partial charge in [-0.2, -0.15) is 0 Å². The molecule has 0 unspecified atom stereocenters. The summed E-state index contributed by atoms with van der Waals surface area (Å²) in [5, 5.41) is 9.01. The maximum atomic E-state index is 9.01. The Morgan fingerprint density at radius 3 is 2.53 bits per heavy atom. The van der Waals surface area contributed by atoms with Crippen LogP contribution in [0.4, 0.5) is 0 Å². The summed E-state index contributed by atoms with van der Waals surface area (Å²) in [7, 11) is 0. The largest absolute Gasteiger partial charge is 0.392 e. The molecule has 0 atom stereocenters. The van der Waals surface area contributed by atoms with E-state index in [1.165, 1.54) is 0 Å². The van der Waals surface area contributed by atoms with Crippen molar-refractivity contribution in [2.45, 2.75) is 6.61 Å². The Kier molecular flexibility index (Phi) is 2.38. The van der Waals surface area contributed by atoms with Gasteiger partial charge in [-0.25, -0.2) is 4.98 Å². The topological polar surface area (TPSA) is 38.0 Å². The average molecular weight is 224 g/mol. The lowest BCUT2D eigenvalue weighted by Crippen LogP contribution is -1.92. The number of aromatic nitrogens is 2. The van der Waals surface area contributed by atoms with Crippen LogP contribution in [0.5, 0.6) is 0 Å². The minimum absolute atomic E-state index is 0.0744. The summed E-state index contributed by atoms with van der Waals surface area (Å²) in [6.07, 6.45) is 1.82. The lowest BCUT2D eigenvalue weighted by Gasteiger charge is -2.04. The van der Waals surface area contributed by atoms with E-state index >= 15 is 0 Å². The van der Waals surface area contributed by atoms with E-state index < -0.39 is 0 Å². The Morgan fingerprint density at radius 1 is 1.00 bits per heavy atom. The number of aliphatic hydroxyl groups excluding tert-OH is 1. The Morgan fingerprint density at radius 2 is 1.76 bits per heavy atom. The fourth-order valence-corrected chi connectivity index (χ4v) is 1.93. The van der Waals surface area contributed by atoms with Gasteiger partial charge in [0.1, 0.15) is 6.33 Å². The van der Waals surface area contributed by atoms with Crippen LogP contribution in [-0.2, 0) is 6.61 Å². The molecule has 0 aliphatic rings. The third-order valence-electron chi connectivity index (χ3n) is 2.85. The fraction of sp³-hybridized carbons (Fsp3) is 0.0714. The first-order valence-corrected chi connectivity index (χ1v) is 5.51. The lowest BCUT2D eigenvalue weighted by atomic mass is 10.2. The average Bonchev–Trinajstić information content (AvgIpc) is 2.83. The summed E-state index contributed by atoms with van der Waals surface area (Å²) in [6, 6.07) is 15.8. The Bertz CT molecular complexity index is 641. The number of fused-ring (bicyclic) bond motifs is 1. The van der Waals surface area contributed by atoms with Crippen molar-refractivity contribution in [1.82, 2.24) is 9.55 Å². The first-order chi connectivity index (χ1) is 8.38. The molecule has 84 valence electrons. The molecule has 3 rings (SSSR count). The Balaban J connectivity index is 2.13. The van der Waals surface area contributed by atoms with Crippen molar-refractivity contribution in [1.29, 1.82) is 0 Å². The monoisotopic (exact) mass is 224 g/mol. The maximum absolute atomic E-state index is 9.01. The number of nitrogens with zero attached hydrogens (tertiary/aromatic N) is 2. The van der Waals surface area contributed by atoms with Gasteiger partial charge in [-0.1, -0.05) is 24.3 Å². The third-order valence-corrected chi connectivity index (χ3v) is 2.85. The molecule has 0 saturated heterocycles. The van der Waals surface area contributed by atoms with Crippen LogP contribution < -0.4 is 0 Å². The molecule has 1 aromatic heterocycles. The van der Waals surface area contributed by atoms with Gasteiger partial charge < -0.3 is 5.11 Å². The number of para-hydroxylation sites is 2. The van der Waals surface area contributed by atoms with Crippen LogP contribution in [0, 0.1) is 0 Å². The van der Waals surface area contributed by atoms with Crippen molar-refractivity contribution < 1.29 is 5.11 Å². The van der Waals surface area contributed by atoms with E-state index in [0.29, 0.717) is 0 Å². The molecule has 0 aliphatic heterocycles. The smallest absolute Gasteiger partial charge is 0.100 e. The first kappa shape index (κ1) is 10.1. The van der Waals surface area contributed by atoms with Gasteiger partial charge in [0, 0.05) is 5.69 Å². The summed E-state index contributed by atoms with van der Waals surface area (Å²) < 4.78 is 2.04. The molecule has 3 heteroatoms. The molecule has 1 heterocycles. The van der Waals surface area contributed by atoms with Crippen molar-refractivity contribution in [3.63, 3.8) is 0 Å². The molecule has 0 aliphatic carbocycles. The molecule has 0 spiro atoms. The van der Waals surface area contributed by atoms with E-state index in [4.69, 9.17) is 5.11 Å². The predicted octanol–water partition coefficient (Wildman–Crippen LogP) is 2.52. The third kappa shape index (κ3) is 1.70. The molecule has 1 N–H and O–H groups in total. The minimum Gasteiger partial charge on any atom is -0.392 e. The highest BCUT2D eigenvalue weighted by atomic mass is 16.3. The summed E-state index contributed by atoms with van der Waals surface area (Å²) >= 11 is 0. The highest BCUT2D eigenvalue weighted by molar-refractivity contribution is 5.77. The molecular formula is C14H12N2O. The summed E-state index contributed by atoms with van der Waals surface area (Å²) in [4.78, 5) is 4.35. The van der Waals surface area contributed by atoms with Gasteiger partial charge >= 0.3 is 0 Å². The molecule has 3 aromatic rings. The molecule has 0 fully saturated rings. The van der Waals surface area contributed by atoms with Crippen LogP contribution in [-0.4, -0.2) is 14.7 Å². The minimum atomic E-state index is 0.0744. The number of hydrogen-bond acceptors (Lipinski definition) is 2. The first-order valence-electron chi connectivity index (χ1n) is 5.51. The second-order valence-corrected chi connectivity index (χ2v) is 3.93. The van der Waals surface area contributed by atoms with Crippen molar-refractivity contribution in [2.75, 3.05) is 0 Å². The van der Waals surface area contributed by atoms with E-state index in [9.17, 15) is 0 Å². The van der Waals surface area contributed by atoms with Gasteiger partial charge in [0.05, 0.1) is 17.6 Å². The molecule has 17 heavy (non-hydrogen) atoms. The predicted molar refractivity (Wildman–Crippen MR) is 67.0 cm³/mol. The fourth-order valence-electron chi connectivity index (χ4n) is 1.93. The van der Waals surface area contributed by atoms with E-state index in [-0.39, 0.29) is 6.61 Å². The van der Waals surface area contributed by atoms with Crippen LogP contribution in [0.25, 0.3) is 16.7 Å². The lowest BCUT2D eigenvalue weighted by molar-refractivity contribution is 0.282. The Hall–Kier alpha value is -2.13. The number of aliphatic hydroxyl groups is 1. The zero-order valence-corrected chi connectivity index (χ0v) is 9.24. The van der Waals surface area contributed by atoms with Crippen molar-refractivity contribution in [2.24, 2.45) is 0 Å². The van der Waals surface area contributed by atoms with Gasteiger partial charge in [-0.05, 0) is 29.8 Å². The van der Waals surface area contributed by atoms with Gasteiger partial charge in [-0.15, -0.1) is 0 Å². The van der Waals surface area contributed by atoms with Crippen molar-refractivity contribution in [3.05, 3.63) is 60.4 Å². The quantitative estimate of drug-likeness (QED) is 0.726. The van der Waals surface area contributed by atoms with Crippen LogP contribution in [0.2, 0.25) is 0 Å². The van der Waals surface area contributed by atoms with Crippen LogP contribution >= 0.6 is 0 Å². The molecule has 0 saturated carbocycles. The van der Waals surface area contributed by atoms with Crippen molar-refractivity contribution in [3.8, 4) is 5.69 Å². The summed E-state index contributed by atoms with van der Waals surface area (Å²) in [5.74, 6) is 0. The summed E-state index contributed by atoms with van der Waals surface area (Å²) in [5.41, 5.74) is 4.04. The highest BCUT2D eigenvalue weighted by Crippen LogP contribution is 2.18. The van der Waals surface area contributed by atoms with E-state index in [1.54, 1.807) is 0 Å². The molecule has 2 aromatic carbocycles. The molecular weight excluding hydrogens is 212 g/mol. The molecule has 0 bridgehead atoms. The zero-order chi connectivity index (χ0) is 11.7. The number of hydrogen-bond donors (Lipinski definition) is 1. The highest BCUT2D eigenvalue weighted by Gasteiger charge is 2.03. The summed E-state index contributed by atoms with van der Waals surface area (Å²) in [6.45, 7) is 0.0744. The second-order valence-electron chi connectivity index (χ2n) is 3.93. The van der Waals surface area contributed by atoms with E-state index in [0.717, 1.165) is 22.3 Å². The van der Waals surface area contributed by atoms with Crippen LogP contribution in [0.1, 0.15) is 5.56 Å².